The average molecular weight is 286 g/mol. The molecular formula is C12H18N2O2S2. The Kier molecular flexibility index (Phi) is 5.10. The molecule has 0 fully saturated rings. The Morgan fingerprint density at radius 1 is 1.44 bits per heavy atom. The fourth-order valence-electron chi connectivity index (χ4n) is 1.66. The van der Waals surface area contributed by atoms with Crippen molar-refractivity contribution in [3.05, 3.63) is 29.8 Å². The lowest BCUT2D eigenvalue weighted by atomic mass is 10.1. The molecule has 6 heteroatoms. The summed E-state index contributed by atoms with van der Waals surface area (Å²) in [5.74, 6) is 0. The molecule has 0 bridgehead atoms. The van der Waals surface area contributed by atoms with E-state index in [9.17, 15) is 8.42 Å². The third kappa shape index (κ3) is 3.68. The molecule has 0 amide bonds. The highest BCUT2D eigenvalue weighted by Gasteiger charge is 2.26. The normalized spacial score (nSPS) is 13.0. The van der Waals surface area contributed by atoms with E-state index < -0.39 is 15.3 Å². The summed E-state index contributed by atoms with van der Waals surface area (Å²) in [4.78, 5) is -0.00311. The molecule has 0 aliphatic heterocycles. The average Bonchev–Trinajstić information content (AvgIpc) is 2.28. The number of hydrogen-bond acceptors (Lipinski definition) is 3. The van der Waals surface area contributed by atoms with Gasteiger partial charge in [0.2, 0.25) is 10.0 Å². The molecule has 1 rings (SSSR count). The number of nitrogens with one attached hydrogen (secondary N) is 1. The van der Waals surface area contributed by atoms with Crippen molar-refractivity contribution in [2.45, 2.75) is 31.9 Å². The zero-order chi connectivity index (χ0) is 13.8. The number of nitrogens with two attached hydrogens (primary N) is 1. The Hall–Kier alpha value is -1.14. The molecule has 18 heavy (non-hydrogen) atoms. The van der Waals surface area contributed by atoms with E-state index in [1.807, 2.05) is 25.1 Å². The van der Waals surface area contributed by atoms with E-state index in [0.29, 0.717) is 12.1 Å². The zero-order valence-corrected chi connectivity index (χ0v) is 12.1. The number of aryl methyl sites for hydroxylation is 1. The third-order valence-corrected chi connectivity index (χ3v) is 4.95. The number of hydrogen-bond donors (Lipinski definition) is 2. The second-order valence-corrected chi connectivity index (χ2v) is 6.33. The van der Waals surface area contributed by atoms with Crippen molar-refractivity contribution in [3.8, 4) is 0 Å². The third-order valence-electron chi connectivity index (χ3n) is 2.66. The van der Waals surface area contributed by atoms with Gasteiger partial charge in [0.1, 0.15) is 5.25 Å². The number of benzene rings is 1. The molecule has 1 aromatic carbocycles. The Balaban J connectivity index is 2.97. The Morgan fingerprint density at radius 2 is 2.11 bits per heavy atom. The van der Waals surface area contributed by atoms with Crippen molar-refractivity contribution in [1.29, 1.82) is 0 Å². The largest absolute Gasteiger partial charge is 0.392 e. The van der Waals surface area contributed by atoms with Gasteiger partial charge in [-0.2, -0.15) is 0 Å². The predicted octanol–water partition coefficient (Wildman–Crippen LogP) is 2.06. The summed E-state index contributed by atoms with van der Waals surface area (Å²) in [6.45, 7) is 3.75. The monoisotopic (exact) mass is 286 g/mol. The van der Waals surface area contributed by atoms with E-state index in [4.69, 9.17) is 18.0 Å². The van der Waals surface area contributed by atoms with Crippen molar-refractivity contribution < 1.29 is 8.42 Å². The lowest BCUT2D eigenvalue weighted by Gasteiger charge is -2.16. The highest BCUT2D eigenvalue weighted by Crippen LogP contribution is 2.16. The number of thiocarbonyl (C=S) groups is 1. The summed E-state index contributed by atoms with van der Waals surface area (Å²) in [5, 5.41) is -0.835. The lowest BCUT2D eigenvalue weighted by Crippen LogP contribution is -2.37. The maximum atomic E-state index is 12.1. The van der Waals surface area contributed by atoms with Crippen LogP contribution in [0.1, 0.15) is 25.8 Å². The van der Waals surface area contributed by atoms with Gasteiger partial charge in [0.05, 0.1) is 4.99 Å². The van der Waals surface area contributed by atoms with Gasteiger partial charge in [-0.15, -0.1) is 0 Å². The molecule has 0 saturated carbocycles. The summed E-state index contributed by atoms with van der Waals surface area (Å²) < 4.78 is 26.7. The first-order valence-corrected chi connectivity index (χ1v) is 7.76. The zero-order valence-electron chi connectivity index (χ0n) is 10.5. The highest BCUT2D eigenvalue weighted by molar-refractivity contribution is 7.95. The predicted molar refractivity (Wildman–Crippen MR) is 79.2 cm³/mol. The Morgan fingerprint density at radius 3 is 2.61 bits per heavy atom. The minimum Gasteiger partial charge on any atom is -0.392 e. The van der Waals surface area contributed by atoms with Crippen LogP contribution in [0.4, 0.5) is 5.69 Å². The van der Waals surface area contributed by atoms with Crippen molar-refractivity contribution in [2.75, 3.05) is 4.72 Å². The van der Waals surface area contributed by atoms with E-state index in [0.717, 1.165) is 12.0 Å². The molecule has 0 aromatic heterocycles. The van der Waals surface area contributed by atoms with Crippen LogP contribution < -0.4 is 10.5 Å². The van der Waals surface area contributed by atoms with Crippen molar-refractivity contribution in [2.24, 2.45) is 5.73 Å². The molecule has 1 atom stereocenters. The van der Waals surface area contributed by atoms with E-state index in [1.165, 1.54) is 0 Å². The molecule has 4 nitrogen and oxygen atoms in total. The van der Waals surface area contributed by atoms with Gasteiger partial charge in [-0.25, -0.2) is 8.42 Å². The molecule has 0 saturated heterocycles. The van der Waals surface area contributed by atoms with Crippen molar-refractivity contribution in [3.63, 3.8) is 0 Å². The minimum atomic E-state index is -3.57. The van der Waals surface area contributed by atoms with Crippen LogP contribution in [0.25, 0.3) is 0 Å². The van der Waals surface area contributed by atoms with E-state index in [2.05, 4.69) is 4.72 Å². The van der Waals surface area contributed by atoms with Crippen LogP contribution in [0, 0.1) is 0 Å². The fraction of sp³-hybridized carbons (Fsp3) is 0.417. The number of anilines is 1. The van der Waals surface area contributed by atoms with Crippen molar-refractivity contribution in [1.82, 2.24) is 0 Å². The first-order chi connectivity index (χ1) is 8.40. The highest BCUT2D eigenvalue weighted by atomic mass is 32.2. The standard InChI is InChI=1S/C12H18N2O2S2/c1-3-9-6-5-7-10(8-9)14-18(15,16)11(4-2)12(13)17/h5-8,11,14H,3-4H2,1-2H3,(H2,13,17). The summed E-state index contributed by atoms with van der Waals surface area (Å²) in [7, 11) is -3.57. The van der Waals surface area contributed by atoms with Gasteiger partial charge in [0, 0.05) is 5.69 Å². The van der Waals surface area contributed by atoms with Crippen LogP contribution in [-0.4, -0.2) is 18.7 Å². The summed E-state index contributed by atoms with van der Waals surface area (Å²) in [6, 6.07) is 7.29. The molecule has 1 unspecified atom stereocenters. The minimum absolute atomic E-state index is 0.00311. The van der Waals surface area contributed by atoms with Gasteiger partial charge in [-0.3, -0.25) is 4.72 Å². The van der Waals surface area contributed by atoms with Gasteiger partial charge in [-0.1, -0.05) is 38.2 Å². The molecule has 0 radical (unpaired) electrons. The molecule has 0 spiro atoms. The van der Waals surface area contributed by atoms with E-state index >= 15 is 0 Å². The second kappa shape index (κ2) is 6.15. The van der Waals surface area contributed by atoms with E-state index in [-0.39, 0.29) is 4.99 Å². The van der Waals surface area contributed by atoms with Gasteiger partial charge < -0.3 is 5.73 Å². The quantitative estimate of drug-likeness (QED) is 0.785. The molecule has 0 aliphatic carbocycles. The summed E-state index contributed by atoms with van der Waals surface area (Å²) >= 11 is 4.79. The fourth-order valence-corrected chi connectivity index (χ4v) is 3.55. The smallest absolute Gasteiger partial charge is 0.242 e. The van der Waals surface area contributed by atoms with Crippen molar-refractivity contribution >= 4 is 32.9 Å². The maximum Gasteiger partial charge on any atom is 0.242 e. The van der Waals surface area contributed by atoms with Crippen LogP contribution in [0.5, 0.6) is 0 Å². The van der Waals surface area contributed by atoms with Crippen LogP contribution in [0.15, 0.2) is 24.3 Å². The molecule has 0 aliphatic rings. The molecular weight excluding hydrogens is 268 g/mol. The maximum absolute atomic E-state index is 12.1. The Bertz CT molecular complexity index is 527. The topological polar surface area (TPSA) is 72.2 Å². The van der Waals surface area contributed by atoms with Crippen LogP contribution >= 0.6 is 12.2 Å². The summed E-state index contributed by atoms with van der Waals surface area (Å²) in [6.07, 6.45) is 1.21. The van der Waals surface area contributed by atoms with Gasteiger partial charge >= 0.3 is 0 Å². The first-order valence-electron chi connectivity index (χ1n) is 5.80. The molecule has 0 heterocycles. The number of rotatable bonds is 6. The molecule has 3 N–H and O–H groups in total. The van der Waals surface area contributed by atoms with Crippen LogP contribution in [0.3, 0.4) is 0 Å². The SMILES string of the molecule is CCc1cccc(NS(=O)(=O)C(CC)C(N)=S)c1. The van der Waals surface area contributed by atoms with Crippen LogP contribution in [0.2, 0.25) is 0 Å². The molecule has 100 valence electrons. The first kappa shape index (κ1) is 14.9. The van der Waals surface area contributed by atoms with Gasteiger partial charge in [0.15, 0.2) is 0 Å². The van der Waals surface area contributed by atoms with Gasteiger partial charge in [0.25, 0.3) is 0 Å². The second-order valence-electron chi connectivity index (χ2n) is 4.00. The molecule has 1 aromatic rings. The van der Waals surface area contributed by atoms with Crippen LogP contribution in [-0.2, 0) is 16.4 Å². The summed E-state index contributed by atoms with van der Waals surface area (Å²) in [5.41, 5.74) is 7.07. The number of sulfonamides is 1. The Labute approximate surface area is 114 Å². The van der Waals surface area contributed by atoms with E-state index in [1.54, 1.807) is 13.0 Å². The lowest BCUT2D eigenvalue weighted by molar-refractivity contribution is 0.594. The van der Waals surface area contributed by atoms with Gasteiger partial charge in [-0.05, 0) is 30.5 Å².